The van der Waals surface area contributed by atoms with E-state index in [1.807, 2.05) is 0 Å². The van der Waals surface area contributed by atoms with E-state index in [1.54, 1.807) is 0 Å². The molecule has 5 heteroatoms. The highest BCUT2D eigenvalue weighted by Crippen LogP contribution is 2.24. The maximum atomic E-state index is 12.0. The lowest BCUT2D eigenvalue weighted by atomic mass is 10.1. The molecular formula is C20H32N4O. The molecule has 0 radical (unpaired) electrons. The molecule has 1 saturated carbocycles. The first-order valence-corrected chi connectivity index (χ1v) is 9.78. The average Bonchev–Trinajstić information content (AvgIpc) is 3.09. The first kappa shape index (κ1) is 18.2. The van der Waals surface area contributed by atoms with E-state index in [0.717, 1.165) is 71.4 Å². The van der Waals surface area contributed by atoms with E-state index < -0.39 is 0 Å². The van der Waals surface area contributed by atoms with Gasteiger partial charge in [-0.3, -0.25) is 9.69 Å². The van der Waals surface area contributed by atoms with Crippen molar-refractivity contribution in [3.05, 3.63) is 30.3 Å². The number of amides is 1. The number of para-hydroxylation sites is 1. The zero-order chi connectivity index (χ0) is 17.5. The Morgan fingerprint density at radius 2 is 1.84 bits per heavy atom. The number of carbonyl (C=O) groups is 1. The summed E-state index contributed by atoms with van der Waals surface area (Å²) < 4.78 is 0. The van der Waals surface area contributed by atoms with Crippen molar-refractivity contribution in [1.82, 2.24) is 10.2 Å². The van der Waals surface area contributed by atoms with E-state index >= 15 is 0 Å². The number of benzene rings is 1. The van der Waals surface area contributed by atoms with Gasteiger partial charge in [-0.05, 0) is 50.8 Å². The molecule has 138 valence electrons. The molecule has 25 heavy (non-hydrogen) atoms. The minimum absolute atomic E-state index is 0.154. The van der Waals surface area contributed by atoms with Gasteiger partial charge in [-0.2, -0.15) is 0 Å². The van der Waals surface area contributed by atoms with Crippen LogP contribution in [0.1, 0.15) is 32.1 Å². The maximum absolute atomic E-state index is 12.0. The van der Waals surface area contributed by atoms with Gasteiger partial charge >= 0.3 is 0 Å². The second-order valence-electron chi connectivity index (χ2n) is 7.43. The molecule has 1 saturated heterocycles. The van der Waals surface area contributed by atoms with Crippen LogP contribution < -0.4 is 16.0 Å². The van der Waals surface area contributed by atoms with Crippen LogP contribution in [0.3, 0.4) is 0 Å². The van der Waals surface area contributed by atoms with Gasteiger partial charge in [-0.1, -0.05) is 18.2 Å². The SMILES string of the molecule is NC1CCC(C(=O)NCCCCN2CCN(c3ccccc3)CC2)C1. The number of piperazine rings is 1. The van der Waals surface area contributed by atoms with Crippen molar-refractivity contribution in [2.24, 2.45) is 11.7 Å². The lowest BCUT2D eigenvalue weighted by Gasteiger charge is -2.36. The largest absolute Gasteiger partial charge is 0.369 e. The van der Waals surface area contributed by atoms with Crippen molar-refractivity contribution < 1.29 is 4.79 Å². The molecule has 5 nitrogen and oxygen atoms in total. The smallest absolute Gasteiger partial charge is 0.223 e. The van der Waals surface area contributed by atoms with Crippen LogP contribution in [-0.2, 0) is 4.79 Å². The summed E-state index contributed by atoms with van der Waals surface area (Å²) in [6.45, 7) is 6.38. The van der Waals surface area contributed by atoms with E-state index in [-0.39, 0.29) is 17.9 Å². The standard InChI is InChI=1S/C20H32N4O/c21-18-9-8-17(16-18)20(25)22-10-4-5-11-23-12-14-24(15-13-23)19-6-2-1-3-7-19/h1-3,6-7,17-18H,4-5,8-16,21H2,(H,22,25). The van der Waals surface area contributed by atoms with E-state index in [4.69, 9.17) is 5.73 Å². The first-order chi connectivity index (χ1) is 12.2. The number of carbonyl (C=O) groups excluding carboxylic acids is 1. The number of rotatable bonds is 7. The molecule has 3 rings (SSSR count). The zero-order valence-electron chi connectivity index (χ0n) is 15.2. The van der Waals surface area contributed by atoms with Gasteiger partial charge in [0.25, 0.3) is 0 Å². The normalized spacial score (nSPS) is 24.4. The Balaban J connectivity index is 1.25. The van der Waals surface area contributed by atoms with Gasteiger partial charge in [0.2, 0.25) is 5.91 Å². The number of nitrogens with two attached hydrogens (primary N) is 1. The Morgan fingerprint density at radius 1 is 1.08 bits per heavy atom. The fourth-order valence-corrected chi connectivity index (χ4v) is 3.94. The third-order valence-corrected chi connectivity index (χ3v) is 5.54. The minimum Gasteiger partial charge on any atom is -0.369 e. The van der Waals surface area contributed by atoms with Crippen molar-refractivity contribution in [3.8, 4) is 0 Å². The number of nitrogens with zero attached hydrogens (tertiary/aromatic N) is 2. The van der Waals surface area contributed by atoms with Crippen LogP contribution >= 0.6 is 0 Å². The van der Waals surface area contributed by atoms with Crippen LogP contribution in [0.4, 0.5) is 5.69 Å². The minimum atomic E-state index is 0.154. The average molecular weight is 345 g/mol. The quantitative estimate of drug-likeness (QED) is 0.741. The molecule has 0 spiro atoms. The van der Waals surface area contributed by atoms with Crippen molar-refractivity contribution >= 4 is 11.6 Å². The van der Waals surface area contributed by atoms with Crippen LogP contribution in [0.5, 0.6) is 0 Å². The molecule has 1 heterocycles. The maximum Gasteiger partial charge on any atom is 0.223 e. The second-order valence-corrected chi connectivity index (χ2v) is 7.43. The number of nitrogens with one attached hydrogen (secondary N) is 1. The highest BCUT2D eigenvalue weighted by molar-refractivity contribution is 5.78. The molecule has 2 unspecified atom stereocenters. The summed E-state index contributed by atoms with van der Waals surface area (Å²) in [6.07, 6.45) is 5.02. The van der Waals surface area contributed by atoms with Crippen molar-refractivity contribution in [3.63, 3.8) is 0 Å². The third kappa shape index (κ3) is 5.44. The summed E-state index contributed by atoms with van der Waals surface area (Å²) in [5.41, 5.74) is 7.21. The van der Waals surface area contributed by atoms with E-state index in [9.17, 15) is 4.79 Å². The molecule has 0 aromatic heterocycles. The number of hydrogen-bond acceptors (Lipinski definition) is 4. The first-order valence-electron chi connectivity index (χ1n) is 9.78. The number of hydrogen-bond donors (Lipinski definition) is 2. The number of anilines is 1. The highest BCUT2D eigenvalue weighted by atomic mass is 16.1. The van der Waals surface area contributed by atoms with Crippen LogP contribution in [0.25, 0.3) is 0 Å². The molecular weight excluding hydrogens is 312 g/mol. The Bertz CT molecular complexity index is 528. The summed E-state index contributed by atoms with van der Waals surface area (Å²) in [5.74, 6) is 0.366. The van der Waals surface area contributed by atoms with Crippen LogP contribution in [0.15, 0.2) is 30.3 Å². The summed E-state index contributed by atoms with van der Waals surface area (Å²) >= 11 is 0. The van der Waals surface area contributed by atoms with Crippen LogP contribution in [0, 0.1) is 5.92 Å². The summed E-state index contributed by atoms with van der Waals surface area (Å²) in [5, 5.41) is 3.09. The van der Waals surface area contributed by atoms with Crippen molar-refractivity contribution in [1.29, 1.82) is 0 Å². The molecule has 0 bridgehead atoms. The molecule has 3 N–H and O–H groups in total. The van der Waals surface area contributed by atoms with Gasteiger partial charge in [-0.25, -0.2) is 0 Å². The van der Waals surface area contributed by atoms with E-state index in [2.05, 4.69) is 45.4 Å². The molecule has 2 atom stereocenters. The van der Waals surface area contributed by atoms with Gasteiger partial charge in [0, 0.05) is 50.4 Å². The molecule has 1 aliphatic carbocycles. The predicted molar refractivity (Wildman–Crippen MR) is 103 cm³/mol. The zero-order valence-corrected chi connectivity index (χ0v) is 15.2. The van der Waals surface area contributed by atoms with Crippen LogP contribution in [0.2, 0.25) is 0 Å². The Kier molecular flexibility index (Phi) is 6.70. The van der Waals surface area contributed by atoms with Crippen molar-refractivity contribution in [2.45, 2.75) is 38.1 Å². The molecule has 2 fully saturated rings. The molecule has 2 aliphatic rings. The highest BCUT2D eigenvalue weighted by Gasteiger charge is 2.27. The summed E-state index contributed by atoms with van der Waals surface area (Å²) in [4.78, 5) is 17.0. The molecule has 1 amide bonds. The lowest BCUT2D eigenvalue weighted by molar-refractivity contribution is -0.124. The fourth-order valence-electron chi connectivity index (χ4n) is 3.94. The van der Waals surface area contributed by atoms with Gasteiger partial charge in [0.15, 0.2) is 0 Å². The second kappa shape index (κ2) is 9.20. The summed E-state index contributed by atoms with van der Waals surface area (Å²) in [7, 11) is 0. The predicted octanol–water partition coefficient (Wildman–Crippen LogP) is 1.83. The van der Waals surface area contributed by atoms with Crippen molar-refractivity contribution in [2.75, 3.05) is 44.2 Å². The molecule has 1 aliphatic heterocycles. The Labute approximate surface area is 151 Å². The van der Waals surface area contributed by atoms with E-state index in [1.165, 1.54) is 5.69 Å². The van der Waals surface area contributed by atoms with Crippen LogP contribution in [-0.4, -0.2) is 56.1 Å². The monoisotopic (exact) mass is 344 g/mol. The Hall–Kier alpha value is -1.59. The summed E-state index contributed by atoms with van der Waals surface area (Å²) in [6, 6.07) is 10.9. The lowest BCUT2D eigenvalue weighted by Crippen LogP contribution is -2.46. The number of unbranched alkanes of at least 4 members (excludes halogenated alkanes) is 1. The molecule has 1 aromatic rings. The van der Waals surface area contributed by atoms with Gasteiger partial charge in [0.05, 0.1) is 0 Å². The molecule has 1 aromatic carbocycles. The third-order valence-electron chi connectivity index (χ3n) is 5.54. The Morgan fingerprint density at radius 3 is 2.52 bits per heavy atom. The van der Waals surface area contributed by atoms with E-state index in [0.29, 0.717) is 0 Å². The fraction of sp³-hybridized carbons (Fsp3) is 0.650. The topological polar surface area (TPSA) is 61.6 Å². The van der Waals surface area contributed by atoms with Gasteiger partial charge in [0.1, 0.15) is 0 Å². The van der Waals surface area contributed by atoms with Gasteiger partial charge in [-0.15, -0.1) is 0 Å². The van der Waals surface area contributed by atoms with Gasteiger partial charge < -0.3 is 16.0 Å².